The number of hydrogen-bond donors (Lipinski definition) is 1. The van der Waals surface area contributed by atoms with Crippen LogP contribution in [-0.4, -0.2) is 11.1 Å². The molecule has 0 heterocycles. The van der Waals surface area contributed by atoms with Crippen molar-refractivity contribution in [1.82, 2.24) is 0 Å². The standard InChI is InChI=1S/C16H16O2/c1-11(2)9-12-5-3-8-15-13(10-16(17)18)6-4-7-14(12)15/h3-9H,10H2,1-2H3,(H,17,18). The molecule has 0 aromatic heterocycles. The molecule has 0 spiro atoms. The van der Waals surface area contributed by atoms with E-state index in [2.05, 4.69) is 26.0 Å². The lowest BCUT2D eigenvalue weighted by atomic mass is 9.97. The summed E-state index contributed by atoms with van der Waals surface area (Å²) in [5.74, 6) is -0.796. The third kappa shape index (κ3) is 2.59. The Labute approximate surface area is 107 Å². The average molecular weight is 240 g/mol. The summed E-state index contributed by atoms with van der Waals surface area (Å²) in [6.07, 6.45) is 2.18. The first-order valence-electron chi connectivity index (χ1n) is 5.95. The zero-order valence-electron chi connectivity index (χ0n) is 10.6. The van der Waals surface area contributed by atoms with Crippen molar-refractivity contribution >= 4 is 22.8 Å². The molecule has 0 amide bonds. The second-order valence-corrected chi connectivity index (χ2v) is 4.65. The third-order valence-corrected chi connectivity index (χ3v) is 2.83. The van der Waals surface area contributed by atoms with Crippen LogP contribution < -0.4 is 0 Å². The topological polar surface area (TPSA) is 37.3 Å². The van der Waals surface area contributed by atoms with Gasteiger partial charge in [0.05, 0.1) is 6.42 Å². The molecule has 92 valence electrons. The number of fused-ring (bicyclic) bond motifs is 1. The number of carbonyl (C=O) groups is 1. The Bertz CT molecular complexity index is 620. The van der Waals surface area contributed by atoms with Gasteiger partial charge in [0.15, 0.2) is 0 Å². The van der Waals surface area contributed by atoms with E-state index in [1.165, 1.54) is 5.57 Å². The molecule has 2 rings (SSSR count). The first-order valence-corrected chi connectivity index (χ1v) is 5.95. The van der Waals surface area contributed by atoms with E-state index in [1.807, 2.05) is 30.3 Å². The van der Waals surface area contributed by atoms with Crippen molar-refractivity contribution in [2.45, 2.75) is 20.3 Å². The Morgan fingerprint density at radius 2 is 1.78 bits per heavy atom. The van der Waals surface area contributed by atoms with Gasteiger partial charge in [-0.2, -0.15) is 0 Å². The molecule has 0 bridgehead atoms. The van der Waals surface area contributed by atoms with Gasteiger partial charge >= 0.3 is 5.97 Å². The van der Waals surface area contributed by atoms with Gasteiger partial charge in [-0.05, 0) is 35.7 Å². The Balaban J connectivity index is 2.65. The number of hydrogen-bond acceptors (Lipinski definition) is 1. The quantitative estimate of drug-likeness (QED) is 0.883. The lowest BCUT2D eigenvalue weighted by Crippen LogP contribution is -2.00. The summed E-state index contributed by atoms with van der Waals surface area (Å²) in [7, 11) is 0. The highest BCUT2D eigenvalue weighted by atomic mass is 16.4. The molecule has 2 heteroatoms. The number of aliphatic carboxylic acids is 1. The number of allylic oxidation sites excluding steroid dienone is 1. The fourth-order valence-corrected chi connectivity index (χ4v) is 2.15. The minimum Gasteiger partial charge on any atom is -0.481 e. The highest BCUT2D eigenvalue weighted by Crippen LogP contribution is 2.24. The van der Waals surface area contributed by atoms with Gasteiger partial charge in [-0.3, -0.25) is 4.79 Å². The predicted octanol–water partition coefficient (Wildman–Crippen LogP) is 3.89. The monoisotopic (exact) mass is 240 g/mol. The number of carboxylic acids is 1. The molecule has 0 fully saturated rings. The summed E-state index contributed by atoms with van der Waals surface area (Å²) < 4.78 is 0. The van der Waals surface area contributed by atoms with E-state index < -0.39 is 5.97 Å². The van der Waals surface area contributed by atoms with Crippen molar-refractivity contribution in [1.29, 1.82) is 0 Å². The Morgan fingerprint density at radius 1 is 1.11 bits per heavy atom. The molecule has 18 heavy (non-hydrogen) atoms. The van der Waals surface area contributed by atoms with E-state index in [0.29, 0.717) is 0 Å². The maximum Gasteiger partial charge on any atom is 0.307 e. The predicted molar refractivity (Wildman–Crippen MR) is 74.6 cm³/mol. The van der Waals surface area contributed by atoms with Crippen molar-refractivity contribution in [3.05, 3.63) is 53.1 Å². The molecule has 0 unspecified atom stereocenters. The Kier molecular flexibility index (Phi) is 3.47. The molecule has 0 saturated carbocycles. The lowest BCUT2D eigenvalue weighted by molar-refractivity contribution is -0.136. The van der Waals surface area contributed by atoms with Crippen LogP contribution in [0.1, 0.15) is 25.0 Å². The molecule has 0 aliphatic carbocycles. The van der Waals surface area contributed by atoms with Crippen LogP contribution in [0.3, 0.4) is 0 Å². The minimum absolute atomic E-state index is 0.0651. The summed E-state index contributed by atoms with van der Waals surface area (Å²) in [4.78, 5) is 10.9. The highest BCUT2D eigenvalue weighted by Gasteiger charge is 2.06. The van der Waals surface area contributed by atoms with Crippen molar-refractivity contribution in [2.75, 3.05) is 0 Å². The van der Waals surface area contributed by atoms with Crippen LogP contribution in [0.15, 0.2) is 42.0 Å². The normalized spacial score (nSPS) is 10.3. The van der Waals surface area contributed by atoms with E-state index in [4.69, 9.17) is 5.11 Å². The summed E-state index contributed by atoms with van der Waals surface area (Å²) in [5, 5.41) is 11.1. The van der Waals surface area contributed by atoms with E-state index in [-0.39, 0.29) is 6.42 Å². The molecule has 0 saturated heterocycles. The van der Waals surface area contributed by atoms with E-state index in [0.717, 1.165) is 21.9 Å². The van der Waals surface area contributed by atoms with Crippen molar-refractivity contribution in [3.8, 4) is 0 Å². The highest BCUT2D eigenvalue weighted by molar-refractivity contribution is 5.94. The van der Waals surface area contributed by atoms with Gasteiger partial charge < -0.3 is 5.11 Å². The van der Waals surface area contributed by atoms with E-state index in [9.17, 15) is 4.79 Å². The van der Waals surface area contributed by atoms with Gasteiger partial charge in [-0.15, -0.1) is 0 Å². The van der Waals surface area contributed by atoms with Crippen LogP contribution in [0.25, 0.3) is 16.8 Å². The average Bonchev–Trinajstić information content (AvgIpc) is 2.29. The van der Waals surface area contributed by atoms with E-state index in [1.54, 1.807) is 0 Å². The number of rotatable bonds is 3. The molecule has 0 atom stereocenters. The molecule has 2 nitrogen and oxygen atoms in total. The van der Waals surface area contributed by atoms with Gasteiger partial charge in [-0.1, -0.05) is 48.0 Å². The maximum atomic E-state index is 10.9. The zero-order chi connectivity index (χ0) is 13.1. The summed E-state index contributed by atoms with van der Waals surface area (Å²) in [5.41, 5.74) is 3.23. The van der Waals surface area contributed by atoms with Crippen LogP contribution >= 0.6 is 0 Å². The number of carboxylic acid groups (broad SMARTS) is 1. The van der Waals surface area contributed by atoms with Gasteiger partial charge in [0, 0.05) is 0 Å². The largest absolute Gasteiger partial charge is 0.481 e. The fourth-order valence-electron chi connectivity index (χ4n) is 2.15. The van der Waals surface area contributed by atoms with Crippen LogP contribution in [0.2, 0.25) is 0 Å². The first kappa shape index (κ1) is 12.4. The lowest BCUT2D eigenvalue weighted by Gasteiger charge is -2.07. The Morgan fingerprint density at radius 3 is 2.44 bits per heavy atom. The van der Waals surface area contributed by atoms with E-state index >= 15 is 0 Å². The second kappa shape index (κ2) is 5.05. The number of benzene rings is 2. The molecular weight excluding hydrogens is 224 g/mol. The van der Waals surface area contributed by atoms with Gasteiger partial charge in [0.2, 0.25) is 0 Å². The Hall–Kier alpha value is -2.09. The van der Waals surface area contributed by atoms with Crippen LogP contribution in [-0.2, 0) is 11.2 Å². The van der Waals surface area contributed by atoms with Crippen LogP contribution in [0.5, 0.6) is 0 Å². The summed E-state index contributed by atoms with van der Waals surface area (Å²) in [6.45, 7) is 4.11. The molecular formula is C16H16O2. The molecule has 2 aromatic carbocycles. The second-order valence-electron chi connectivity index (χ2n) is 4.65. The van der Waals surface area contributed by atoms with Crippen molar-refractivity contribution in [2.24, 2.45) is 0 Å². The fraction of sp³-hybridized carbons (Fsp3) is 0.188. The van der Waals surface area contributed by atoms with Crippen molar-refractivity contribution < 1.29 is 9.90 Å². The van der Waals surface area contributed by atoms with Crippen molar-refractivity contribution in [3.63, 3.8) is 0 Å². The van der Waals surface area contributed by atoms with Gasteiger partial charge in [-0.25, -0.2) is 0 Å². The molecule has 0 aliphatic heterocycles. The molecule has 0 radical (unpaired) electrons. The maximum absolute atomic E-state index is 10.9. The van der Waals surface area contributed by atoms with Gasteiger partial charge in [0.25, 0.3) is 0 Å². The molecule has 1 N–H and O–H groups in total. The first-order chi connectivity index (χ1) is 8.58. The third-order valence-electron chi connectivity index (χ3n) is 2.83. The molecule has 0 aliphatic rings. The van der Waals surface area contributed by atoms with Crippen LogP contribution in [0, 0.1) is 0 Å². The smallest absolute Gasteiger partial charge is 0.307 e. The SMILES string of the molecule is CC(C)=Cc1cccc2c(CC(=O)O)cccc12. The molecule has 2 aromatic rings. The summed E-state index contributed by atoms with van der Waals surface area (Å²) in [6, 6.07) is 11.8. The minimum atomic E-state index is -0.796. The van der Waals surface area contributed by atoms with Crippen LogP contribution in [0.4, 0.5) is 0 Å². The zero-order valence-corrected chi connectivity index (χ0v) is 10.6. The van der Waals surface area contributed by atoms with Gasteiger partial charge in [0.1, 0.15) is 0 Å². The summed E-state index contributed by atoms with van der Waals surface area (Å²) >= 11 is 0.